The molecule has 0 aliphatic heterocycles. The maximum Gasteiger partial charge on any atom is 0.340 e. The van der Waals surface area contributed by atoms with Crippen LogP contribution in [0.3, 0.4) is 0 Å². The lowest BCUT2D eigenvalue weighted by Gasteiger charge is -2.04. The van der Waals surface area contributed by atoms with Crippen molar-refractivity contribution < 1.29 is 14.3 Å². The predicted octanol–water partition coefficient (Wildman–Crippen LogP) is 3.62. The molecule has 0 aliphatic carbocycles. The van der Waals surface area contributed by atoms with Gasteiger partial charge in [-0.3, -0.25) is 9.36 Å². The molecular formula is C19H17NO3. The lowest BCUT2D eigenvalue weighted by atomic mass is 10.1. The molecule has 0 aliphatic rings. The van der Waals surface area contributed by atoms with Crippen molar-refractivity contribution in [2.24, 2.45) is 0 Å². The lowest BCUT2D eigenvalue weighted by Crippen LogP contribution is -2.12. The van der Waals surface area contributed by atoms with Crippen LogP contribution in [0.1, 0.15) is 26.3 Å². The van der Waals surface area contributed by atoms with Crippen LogP contribution >= 0.6 is 0 Å². The van der Waals surface area contributed by atoms with Gasteiger partial charge in [-0.1, -0.05) is 48.0 Å². The van der Waals surface area contributed by atoms with Crippen LogP contribution in [0.4, 0.5) is 0 Å². The van der Waals surface area contributed by atoms with Crippen molar-refractivity contribution >= 4 is 22.8 Å². The molecule has 0 fully saturated rings. The SMILES string of the molecule is COC(=O)c1cn(C(=O)Cc2ccc(C)cc2)c2ccccc12. The number of benzene rings is 2. The maximum absolute atomic E-state index is 12.6. The number of methoxy groups -OCH3 is 1. The number of aromatic nitrogens is 1. The van der Waals surface area contributed by atoms with Crippen molar-refractivity contribution in [3.63, 3.8) is 0 Å². The van der Waals surface area contributed by atoms with Gasteiger partial charge in [0.15, 0.2) is 0 Å². The fourth-order valence-electron chi connectivity index (χ4n) is 2.62. The largest absolute Gasteiger partial charge is 0.465 e. The molecule has 0 unspecified atom stereocenters. The molecule has 116 valence electrons. The Bertz CT molecular complexity index is 875. The second kappa shape index (κ2) is 6.08. The molecule has 1 aromatic heterocycles. The van der Waals surface area contributed by atoms with Crippen molar-refractivity contribution in [3.05, 3.63) is 71.4 Å². The minimum atomic E-state index is -0.442. The molecule has 0 spiro atoms. The van der Waals surface area contributed by atoms with E-state index in [0.717, 1.165) is 16.5 Å². The molecule has 3 rings (SSSR count). The summed E-state index contributed by atoms with van der Waals surface area (Å²) in [6.07, 6.45) is 1.84. The van der Waals surface area contributed by atoms with Gasteiger partial charge in [-0.15, -0.1) is 0 Å². The van der Waals surface area contributed by atoms with Crippen molar-refractivity contribution in [2.45, 2.75) is 13.3 Å². The van der Waals surface area contributed by atoms with Crippen LogP contribution in [-0.4, -0.2) is 23.6 Å². The molecule has 0 radical (unpaired) electrons. The number of fused-ring (bicyclic) bond motifs is 1. The monoisotopic (exact) mass is 307 g/mol. The average molecular weight is 307 g/mol. The highest BCUT2D eigenvalue weighted by molar-refractivity contribution is 6.07. The number of nitrogens with zero attached hydrogens (tertiary/aromatic N) is 1. The first-order chi connectivity index (χ1) is 11.1. The van der Waals surface area contributed by atoms with E-state index in [-0.39, 0.29) is 12.3 Å². The number of hydrogen-bond donors (Lipinski definition) is 0. The van der Waals surface area contributed by atoms with Gasteiger partial charge in [-0.05, 0) is 18.6 Å². The number of rotatable bonds is 3. The topological polar surface area (TPSA) is 48.3 Å². The second-order valence-corrected chi connectivity index (χ2v) is 5.48. The van der Waals surface area contributed by atoms with Crippen LogP contribution in [0.25, 0.3) is 10.9 Å². The van der Waals surface area contributed by atoms with Gasteiger partial charge in [-0.25, -0.2) is 4.79 Å². The van der Waals surface area contributed by atoms with E-state index in [1.807, 2.05) is 55.5 Å². The summed E-state index contributed by atoms with van der Waals surface area (Å²) < 4.78 is 6.33. The number of hydrogen-bond acceptors (Lipinski definition) is 3. The van der Waals surface area contributed by atoms with Gasteiger partial charge in [-0.2, -0.15) is 0 Å². The van der Waals surface area contributed by atoms with Crippen LogP contribution in [-0.2, 0) is 11.2 Å². The van der Waals surface area contributed by atoms with Crippen LogP contribution in [0, 0.1) is 6.92 Å². The summed E-state index contributed by atoms with van der Waals surface area (Å²) in [6, 6.07) is 15.2. The number of carbonyl (C=O) groups is 2. The Morgan fingerprint density at radius 3 is 2.43 bits per heavy atom. The highest BCUT2D eigenvalue weighted by Crippen LogP contribution is 2.22. The molecule has 4 heteroatoms. The molecule has 0 amide bonds. The summed E-state index contributed by atoms with van der Waals surface area (Å²) in [4.78, 5) is 24.6. The van der Waals surface area contributed by atoms with Gasteiger partial charge in [0.25, 0.3) is 0 Å². The summed E-state index contributed by atoms with van der Waals surface area (Å²) in [5.41, 5.74) is 3.21. The summed E-state index contributed by atoms with van der Waals surface area (Å²) in [5.74, 6) is -0.525. The highest BCUT2D eigenvalue weighted by Gasteiger charge is 2.18. The lowest BCUT2D eigenvalue weighted by molar-refractivity contribution is 0.0603. The van der Waals surface area contributed by atoms with Crippen molar-refractivity contribution in [2.75, 3.05) is 7.11 Å². The summed E-state index contributed by atoms with van der Waals surface area (Å²) >= 11 is 0. The Balaban J connectivity index is 2.00. The number of carbonyl (C=O) groups excluding carboxylic acids is 2. The van der Waals surface area contributed by atoms with Gasteiger partial charge in [0.05, 0.1) is 24.6 Å². The first-order valence-corrected chi connectivity index (χ1v) is 7.37. The van der Waals surface area contributed by atoms with Crippen molar-refractivity contribution in [1.29, 1.82) is 0 Å². The van der Waals surface area contributed by atoms with Gasteiger partial charge in [0.1, 0.15) is 0 Å². The average Bonchev–Trinajstić information content (AvgIpc) is 2.96. The molecule has 23 heavy (non-hydrogen) atoms. The zero-order valence-electron chi connectivity index (χ0n) is 13.1. The fourth-order valence-corrected chi connectivity index (χ4v) is 2.62. The molecule has 0 atom stereocenters. The molecular weight excluding hydrogens is 290 g/mol. The third kappa shape index (κ3) is 2.88. The van der Waals surface area contributed by atoms with Gasteiger partial charge < -0.3 is 4.74 Å². The predicted molar refractivity (Wildman–Crippen MR) is 88.8 cm³/mol. The third-order valence-corrected chi connectivity index (χ3v) is 3.86. The van der Waals surface area contributed by atoms with E-state index >= 15 is 0 Å². The summed E-state index contributed by atoms with van der Waals surface area (Å²) in [6.45, 7) is 2.01. The zero-order chi connectivity index (χ0) is 16.4. The van der Waals surface area contributed by atoms with E-state index in [1.165, 1.54) is 11.7 Å². The van der Waals surface area contributed by atoms with Crippen LogP contribution < -0.4 is 0 Å². The van der Waals surface area contributed by atoms with E-state index in [4.69, 9.17) is 4.74 Å². The zero-order valence-corrected chi connectivity index (χ0v) is 13.1. The molecule has 4 nitrogen and oxygen atoms in total. The van der Waals surface area contributed by atoms with Crippen LogP contribution in [0.2, 0.25) is 0 Å². The van der Waals surface area contributed by atoms with E-state index in [9.17, 15) is 9.59 Å². The first-order valence-electron chi connectivity index (χ1n) is 7.37. The standard InChI is InChI=1S/C19H17NO3/c1-13-7-9-14(10-8-13)11-18(21)20-12-16(19(22)23-2)15-5-3-4-6-17(15)20/h3-10,12H,11H2,1-2H3. The molecule has 0 N–H and O–H groups in total. The Morgan fingerprint density at radius 1 is 1.04 bits per heavy atom. The summed E-state index contributed by atoms with van der Waals surface area (Å²) in [5, 5.41) is 0.719. The first kappa shape index (κ1) is 15.0. The highest BCUT2D eigenvalue weighted by atomic mass is 16.5. The molecule has 2 aromatic carbocycles. The molecule has 1 heterocycles. The minimum absolute atomic E-state index is 0.0831. The Labute approximate surface area is 134 Å². The molecule has 3 aromatic rings. The molecule has 0 bridgehead atoms. The second-order valence-electron chi connectivity index (χ2n) is 5.48. The number of para-hydroxylation sites is 1. The Morgan fingerprint density at radius 2 is 1.74 bits per heavy atom. The Hall–Kier alpha value is -2.88. The van der Waals surface area contributed by atoms with Crippen molar-refractivity contribution in [3.8, 4) is 0 Å². The van der Waals surface area contributed by atoms with Gasteiger partial charge in [0.2, 0.25) is 5.91 Å². The van der Waals surface area contributed by atoms with Crippen molar-refractivity contribution in [1.82, 2.24) is 4.57 Å². The number of aryl methyl sites for hydroxylation is 1. The smallest absolute Gasteiger partial charge is 0.340 e. The fraction of sp³-hybridized carbons (Fsp3) is 0.158. The molecule has 0 saturated heterocycles. The summed E-state index contributed by atoms with van der Waals surface area (Å²) in [7, 11) is 1.34. The van der Waals surface area contributed by atoms with E-state index in [0.29, 0.717) is 11.1 Å². The van der Waals surface area contributed by atoms with Crippen LogP contribution in [0.15, 0.2) is 54.7 Å². The van der Waals surface area contributed by atoms with E-state index in [2.05, 4.69) is 0 Å². The maximum atomic E-state index is 12.6. The quantitative estimate of drug-likeness (QED) is 0.694. The minimum Gasteiger partial charge on any atom is -0.465 e. The number of ether oxygens (including phenoxy) is 1. The Kier molecular flexibility index (Phi) is 3.98. The van der Waals surface area contributed by atoms with E-state index < -0.39 is 5.97 Å². The third-order valence-electron chi connectivity index (χ3n) is 3.86. The van der Waals surface area contributed by atoms with Gasteiger partial charge >= 0.3 is 5.97 Å². The van der Waals surface area contributed by atoms with Gasteiger partial charge in [0, 0.05) is 11.6 Å². The van der Waals surface area contributed by atoms with Crippen LogP contribution in [0.5, 0.6) is 0 Å². The normalized spacial score (nSPS) is 10.7. The van der Waals surface area contributed by atoms with E-state index in [1.54, 1.807) is 6.20 Å². The molecule has 0 saturated carbocycles. The number of esters is 1.